The average Bonchev–Trinajstić information content (AvgIpc) is 2.68. The van der Waals surface area contributed by atoms with E-state index in [2.05, 4.69) is 4.98 Å². The lowest BCUT2D eigenvalue weighted by molar-refractivity contribution is 0.0729. The molecule has 0 N–H and O–H groups in total. The molecule has 0 radical (unpaired) electrons. The van der Waals surface area contributed by atoms with Crippen molar-refractivity contribution < 1.29 is 9.13 Å². The quantitative estimate of drug-likeness (QED) is 0.536. The van der Waals surface area contributed by atoms with Crippen molar-refractivity contribution in [3.63, 3.8) is 0 Å². The first kappa shape index (κ1) is 16.0. The Bertz CT molecular complexity index is 613. The van der Waals surface area contributed by atoms with E-state index in [1.807, 2.05) is 47.9 Å². The molecular weight excluding hydrogens is 394 g/mol. The number of rotatable bonds is 5. The molecule has 0 aliphatic heterocycles. The van der Waals surface area contributed by atoms with Gasteiger partial charge in [0.2, 0.25) is 0 Å². The lowest BCUT2D eigenvalue weighted by atomic mass is 10.3. The predicted molar refractivity (Wildman–Crippen MR) is 87.8 cm³/mol. The molecule has 1 aromatic heterocycles. The lowest BCUT2D eigenvalue weighted by Crippen LogP contribution is -2.13. The third-order valence-electron chi connectivity index (χ3n) is 2.94. The standard InChI is InChI=1S/C14H17ClFIN2O/c1-8(2)20-5-4-19-13-6-10(16)11(17)7-12(13)18-14(19)9(3)15/h6-9H,4-5H2,1-3H3. The van der Waals surface area contributed by atoms with Gasteiger partial charge in [-0.3, -0.25) is 0 Å². The fourth-order valence-corrected chi connectivity index (χ4v) is 2.67. The van der Waals surface area contributed by atoms with E-state index in [1.54, 1.807) is 6.07 Å². The minimum absolute atomic E-state index is 0.166. The summed E-state index contributed by atoms with van der Waals surface area (Å²) in [5.41, 5.74) is 1.53. The van der Waals surface area contributed by atoms with Crippen molar-refractivity contribution in [3.05, 3.63) is 27.3 Å². The van der Waals surface area contributed by atoms with E-state index in [4.69, 9.17) is 16.3 Å². The molecule has 0 spiro atoms. The van der Waals surface area contributed by atoms with Crippen LogP contribution in [-0.4, -0.2) is 22.3 Å². The molecule has 20 heavy (non-hydrogen) atoms. The maximum Gasteiger partial charge on any atom is 0.138 e. The number of halogens is 3. The highest BCUT2D eigenvalue weighted by Gasteiger charge is 2.16. The summed E-state index contributed by atoms with van der Waals surface area (Å²) < 4.78 is 21.8. The van der Waals surface area contributed by atoms with E-state index in [1.165, 1.54) is 6.07 Å². The lowest BCUT2D eigenvalue weighted by Gasteiger charge is -2.12. The molecule has 1 aromatic carbocycles. The zero-order valence-electron chi connectivity index (χ0n) is 11.7. The van der Waals surface area contributed by atoms with Crippen LogP contribution in [0.4, 0.5) is 4.39 Å². The zero-order valence-corrected chi connectivity index (χ0v) is 14.6. The Morgan fingerprint density at radius 2 is 2.10 bits per heavy atom. The molecule has 1 heterocycles. The molecule has 2 rings (SSSR count). The van der Waals surface area contributed by atoms with E-state index in [0.717, 1.165) is 16.9 Å². The second-order valence-electron chi connectivity index (χ2n) is 4.91. The second kappa shape index (κ2) is 6.58. The number of imidazole rings is 1. The van der Waals surface area contributed by atoms with Gasteiger partial charge in [-0.25, -0.2) is 9.37 Å². The topological polar surface area (TPSA) is 27.1 Å². The predicted octanol–water partition coefficient (Wildman–Crippen LogP) is 4.50. The molecule has 0 saturated heterocycles. The third-order valence-corrected chi connectivity index (χ3v) is 3.96. The van der Waals surface area contributed by atoms with Crippen molar-refractivity contribution in [1.29, 1.82) is 0 Å². The summed E-state index contributed by atoms with van der Waals surface area (Å²) in [4.78, 5) is 4.52. The Kier molecular flexibility index (Phi) is 5.25. The maximum absolute atomic E-state index is 13.8. The van der Waals surface area contributed by atoms with Crippen LogP contribution in [0.2, 0.25) is 0 Å². The molecule has 2 aromatic rings. The number of hydrogen-bond acceptors (Lipinski definition) is 2. The largest absolute Gasteiger partial charge is 0.377 e. The molecule has 6 heteroatoms. The van der Waals surface area contributed by atoms with Crippen LogP contribution in [0.15, 0.2) is 12.1 Å². The first-order chi connectivity index (χ1) is 9.40. The molecule has 0 aliphatic carbocycles. The fraction of sp³-hybridized carbons (Fsp3) is 0.500. The highest BCUT2D eigenvalue weighted by molar-refractivity contribution is 14.1. The second-order valence-corrected chi connectivity index (χ2v) is 6.73. The summed E-state index contributed by atoms with van der Waals surface area (Å²) in [6.45, 7) is 7.00. The fourth-order valence-electron chi connectivity index (χ4n) is 2.06. The van der Waals surface area contributed by atoms with Crippen LogP contribution >= 0.6 is 34.2 Å². The van der Waals surface area contributed by atoms with Crippen LogP contribution in [0.5, 0.6) is 0 Å². The number of aromatic nitrogens is 2. The van der Waals surface area contributed by atoms with Crippen molar-refractivity contribution in [3.8, 4) is 0 Å². The monoisotopic (exact) mass is 410 g/mol. The number of ether oxygens (including phenoxy) is 1. The molecule has 1 unspecified atom stereocenters. The molecule has 0 saturated carbocycles. The first-order valence-corrected chi connectivity index (χ1v) is 8.02. The molecule has 0 aliphatic rings. The van der Waals surface area contributed by atoms with Crippen molar-refractivity contribution in [1.82, 2.24) is 9.55 Å². The molecular formula is C14H17ClFIN2O. The van der Waals surface area contributed by atoms with E-state index < -0.39 is 0 Å². The highest BCUT2D eigenvalue weighted by atomic mass is 127. The van der Waals surface area contributed by atoms with E-state index in [9.17, 15) is 4.39 Å². The third kappa shape index (κ3) is 3.43. The summed E-state index contributed by atoms with van der Waals surface area (Å²) >= 11 is 8.15. The summed E-state index contributed by atoms with van der Waals surface area (Å²) in [5.74, 6) is 0.508. The Morgan fingerprint density at radius 1 is 1.40 bits per heavy atom. The van der Waals surface area contributed by atoms with E-state index in [-0.39, 0.29) is 17.3 Å². The zero-order chi connectivity index (χ0) is 14.9. The van der Waals surface area contributed by atoms with Crippen molar-refractivity contribution >= 4 is 45.2 Å². The number of hydrogen-bond donors (Lipinski definition) is 0. The Labute approximate surface area is 136 Å². The van der Waals surface area contributed by atoms with Crippen LogP contribution in [0, 0.1) is 9.39 Å². The van der Waals surface area contributed by atoms with Gasteiger partial charge in [-0.05, 0) is 49.4 Å². The summed E-state index contributed by atoms with van der Waals surface area (Å²) in [6, 6.07) is 3.26. The van der Waals surface area contributed by atoms with Crippen LogP contribution in [0.1, 0.15) is 32.0 Å². The summed E-state index contributed by atoms with van der Waals surface area (Å²) in [6.07, 6.45) is 0.166. The number of benzene rings is 1. The van der Waals surface area contributed by atoms with Crippen molar-refractivity contribution in [2.24, 2.45) is 0 Å². The van der Waals surface area contributed by atoms with Crippen molar-refractivity contribution in [2.45, 2.75) is 38.8 Å². The van der Waals surface area contributed by atoms with Gasteiger partial charge in [0, 0.05) is 12.6 Å². The highest BCUT2D eigenvalue weighted by Crippen LogP contribution is 2.27. The summed E-state index contributed by atoms with van der Waals surface area (Å²) in [5, 5.41) is -0.234. The van der Waals surface area contributed by atoms with Gasteiger partial charge in [0.25, 0.3) is 0 Å². The Hall–Kier alpha value is -0.400. The van der Waals surface area contributed by atoms with Gasteiger partial charge in [-0.1, -0.05) is 0 Å². The number of fused-ring (bicyclic) bond motifs is 1. The minimum Gasteiger partial charge on any atom is -0.377 e. The van der Waals surface area contributed by atoms with Gasteiger partial charge in [0.05, 0.1) is 32.7 Å². The van der Waals surface area contributed by atoms with Gasteiger partial charge >= 0.3 is 0 Å². The molecule has 110 valence electrons. The van der Waals surface area contributed by atoms with Crippen LogP contribution < -0.4 is 0 Å². The van der Waals surface area contributed by atoms with Crippen LogP contribution in [0.25, 0.3) is 11.0 Å². The van der Waals surface area contributed by atoms with Gasteiger partial charge in [-0.2, -0.15) is 0 Å². The molecule has 3 nitrogen and oxygen atoms in total. The minimum atomic E-state index is -0.238. The van der Waals surface area contributed by atoms with Gasteiger partial charge in [0.1, 0.15) is 11.6 Å². The molecule has 0 fully saturated rings. The first-order valence-electron chi connectivity index (χ1n) is 6.51. The Balaban J connectivity index is 2.42. The molecule has 0 bridgehead atoms. The van der Waals surface area contributed by atoms with Crippen LogP contribution in [0.3, 0.4) is 0 Å². The average molecular weight is 411 g/mol. The number of nitrogens with zero attached hydrogens (tertiary/aromatic N) is 2. The van der Waals surface area contributed by atoms with Gasteiger partial charge in [-0.15, -0.1) is 11.6 Å². The normalized spacial score (nSPS) is 13.3. The Morgan fingerprint density at radius 3 is 2.70 bits per heavy atom. The molecule has 0 amide bonds. The van der Waals surface area contributed by atoms with Gasteiger partial charge < -0.3 is 9.30 Å². The van der Waals surface area contributed by atoms with Crippen LogP contribution in [-0.2, 0) is 11.3 Å². The number of alkyl halides is 1. The maximum atomic E-state index is 13.8. The molecule has 1 atom stereocenters. The smallest absolute Gasteiger partial charge is 0.138 e. The van der Waals surface area contributed by atoms with E-state index in [0.29, 0.717) is 16.7 Å². The SMILES string of the molecule is CC(C)OCCn1c(C(C)Cl)nc2cc(I)c(F)cc21. The van der Waals surface area contributed by atoms with E-state index >= 15 is 0 Å². The summed E-state index contributed by atoms with van der Waals surface area (Å²) in [7, 11) is 0. The van der Waals surface area contributed by atoms with Gasteiger partial charge in [0.15, 0.2) is 0 Å². The van der Waals surface area contributed by atoms with Crippen molar-refractivity contribution in [2.75, 3.05) is 6.61 Å².